The summed E-state index contributed by atoms with van der Waals surface area (Å²) in [4.78, 5) is 20.6. The van der Waals surface area contributed by atoms with Crippen LogP contribution in [0.15, 0.2) is 54.7 Å². The minimum Gasteiger partial charge on any atom is -0.292 e. The number of ketones is 1. The number of carbonyl (C=O) groups excluding carboxylic acids is 1. The van der Waals surface area contributed by atoms with Crippen molar-refractivity contribution in [1.29, 1.82) is 0 Å². The molecule has 3 rings (SSSR count). The summed E-state index contributed by atoms with van der Waals surface area (Å²) in [5.74, 6) is -0.0296. The molecule has 0 saturated heterocycles. The van der Waals surface area contributed by atoms with Crippen LogP contribution in [0.4, 0.5) is 0 Å². The van der Waals surface area contributed by atoms with Gasteiger partial charge in [-0.15, -0.1) is 0 Å². The number of fused-ring (bicyclic) bond motifs is 1. The molecule has 20 heavy (non-hydrogen) atoms. The molecule has 0 atom stereocenters. The van der Waals surface area contributed by atoms with Gasteiger partial charge >= 0.3 is 0 Å². The average molecular weight is 283 g/mol. The molecule has 0 aliphatic carbocycles. The van der Waals surface area contributed by atoms with E-state index in [9.17, 15) is 4.79 Å². The molecule has 4 heteroatoms. The summed E-state index contributed by atoms with van der Waals surface area (Å²) in [5.41, 5.74) is 2.13. The van der Waals surface area contributed by atoms with Crippen LogP contribution in [0.3, 0.4) is 0 Å². The van der Waals surface area contributed by atoms with Crippen molar-refractivity contribution in [3.8, 4) is 0 Å². The minimum absolute atomic E-state index is 0.0296. The second-order valence-electron chi connectivity index (χ2n) is 4.44. The van der Waals surface area contributed by atoms with Gasteiger partial charge in [0.15, 0.2) is 5.78 Å². The number of aromatic nitrogens is 2. The van der Waals surface area contributed by atoms with Crippen LogP contribution in [-0.2, 0) is 6.42 Å². The van der Waals surface area contributed by atoms with Gasteiger partial charge < -0.3 is 0 Å². The standard InChI is InChI=1S/C16H11ClN2O/c17-16-10-11(12-5-1-2-6-13(12)19-16)9-15(20)14-7-3-4-8-18-14/h1-8,10H,9H2. The first-order valence-corrected chi connectivity index (χ1v) is 6.60. The van der Waals surface area contributed by atoms with E-state index in [1.54, 1.807) is 30.5 Å². The highest BCUT2D eigenvalue weighted by Crippen LogP contribution is 2.22. The van der Waals surface area contributed by atoms with E-state index in [0.29, 0.717) is 10.8 Å². The number of benzene rings is 1. The summed E-state index contributed by atoms with van der Waals surface area (Å²) in [6.45, 7) is 0. The molecule has 0 N–H and O–H groups in total. The predicted octanol–water partition coefficient (Wildman–Crippen LogP) is 3.71. The van der Waals surface area contributed by atoms with Crippen LogP contribution in [0.1, 0.15) is 16.1 Å². The highest BCUT2D eigenvalue weighted by atomic mass is 35.5. The van der Waals surface area contributed by atoms with Crippen molar-refractivity contribution in [2.45, 2.75) is 6.42 Å². The van der Waals surface area contributed by atoms with Crippen LogP contribution in [0.5, 0.6) is 0 Å². The van der Waals surface area contributed by atoms with E-state index in [2.05, 4.69) is 9.97 Å². The number of hydrogen-bond acceptors (Lipinski definition) is 3. The Morgan fingerprint density at radius 1 is 1.10 bits per heavy atom. The van der Waals surface area contributed by atoms with Crippen LogP contribution in [0, 0.1) is 0 Å². The zero-order chi connectivity index (χ0) is 13.9. The van der Waals surface area contributed by atoms with Crippen LogP contribution in [-0.4, -0.2) is 15.8 Å². The van der Waals surface area contributed by atoms with Crippen molar-refractivity contribution in [2.24, 2.45) is 0 Å². The molecule has 3 aromatic rings. The van der Waals surface area contributed by atoms with Crippen LogP contribution >= 0.6 is 11.6 Å². The fraction of sp³-hybridized carbons (Fsp3) is 0.0625. The summed E-state index contributed by atoms with van der Waals surface area (Å²) in [5, 5.41) is 1.34. The highest BCUT2D eigenvalue weighted by Gasteiger charge is 2.11. The number of nitrogens with zero attached hydrogens (tertiary/aromatic N) is 2. The molecule has 0 radical (unpaired) electrons. The molecular formula is C16H11ClN2O. The molecular weight excluding hydrogens is 272 g/mol. The van der Waals surface area contributed by atoms with Gasteiger partial charge in [0.2, 0.25) is 0 Å². The van der Waals surface area contributed by atoms with E-state index in [1.807, 2.05) is 24.3 Å². The number of pyridine rings is 2. The Labute approximate surface area is 121 Å². The maximum Gasteiger partial charge on any atom is 0.185 e. The van der Waals surface area contributed by atoms with E-state index in [4.69, 9.17) is 11.6 Å². The number of halogens is 1. The van der Waals surface area contributed by atoms with E-state index in [-0.39, 0.29) is 12.2 Å². The van der Waals surface area contributed by atoms with Gasteiger partial charge in [-0.2, -0.15) is 0 Å². The molecule has 0 fully saturated rings. The van der Waals surface area contributed by atoms with E-state index >= 15 is 0 Å². The number of hydrogen-bond donors (Lipinski definition) is 0. The SMILES string of the molecule is O=C(Cc1cc(Cl)nc2ccccc12)c1ccccn1. The van der Waals surface area contributed by atoms with Gasteiger partial charge in [0.05, 0.1) is 5.52 Å². The first-order valence-electron chi connectivity index (χ1n) is 6.22. The summed E-state index contributed by atoms with van der Waals surface area (Å²) in [6, 6.07) is 14.7. The molecule has 0 aliphatic heterocycles. The van der Waals surface area contributed by atoms with Crippen molar-refractivity contribution in [3.05, 3.63) is 71.1 Å². The smallest absolute Gasteiger partial charge is 0.185 e. The number of para-hydroxylation sites is 1. The van der Waals surface area contributed by atoms with Gasteiger partial charge in [0, 0.05) is 18.0 Å². The summed E-state index contributed by atoms with van der Waals surface area (Å²) >= 11 is 6.02. The summed E-state index contributed by atoms with van der Waals surface area (Å²) in [7, 11) is 0. The van der Waals surface area contributed by atoms with Crippen LogP contribution < -0.4 is 0 Å². The highest BCUT2D eigenvalue weighted by molar-refractivity contribution is 6.30. The quantitative estimate of drug-likeness (QED) is 0.543. The van der Waals surface area contributed by atoms with Crippen LogP contribution in [0.25, 0.3) is 10.9 Å². The molecule has 0 amide bonds. The van der Waals surface area contributed by atoms with Crippen molar-refractivity contribution >= 4 is 28.3 Å². The lowest BCUT2D eigenvalue weighted by molar-refractivity contribution is 0.0988. The third-order valence-corrected chi connectivity index (χ3v) is 3.27. The topological polar surface area (TPSA) is 42.9 Å². The maximum atomic E-state index is 12.2. The largest absolute Gasteiger partial charge is 0.292 e. The fourth-order valence-electron chi connectivity index (χ4n) is 2.15. The third kappa shape index (κ3) is 2.53. The molecule has 2 heterocycles. The predicted molar refractivity (Wildman–Crippen MR) is 79.0 cm³/mol. The molecule has 0 aliphatic rings. The Balaban J connectivity index is 2.01. The Kier molecular flexibility index (Phi) is 3.44. The summed E-state index contributed by atoms with van der Waals surface area (Å²) < 4.78 is 0. The average Bonchev–Trinajstić information content (AvgIpc) is 2.48. The lowest BCUT2D eigenvalue weighted by Gasteiger charge is -2.06. The fourth-order valence-corrected chi connectivity index (χ4v) is 2.37. The monoisotopic (exact) mass is 282 g/mol. The Morgan fingerprint density at radius 3 is 2.70 bits per heavy atom. The molecule has 0 unspecified atom stereocenters. The van der Waals surface area contributed by atoms with Gasteiger partial charge in [-0.05, 0) is 29.8 Å². The van der Waals surface area contributed by atoms with E-state index < -0.39 is 0 Å². The molecule has 1 aromatic carbocycles. The third-order valence-electron chi connectivity index (χ3n) is 3.07. The Bertz CT molecular complexity index is 772. The second-order valence-corrected chi connectivity index (χ2v) is 4.82. The summed E-state index contributed by atoms with van der Waals surface area (Å²) in [6.07, 6.45) is 1.88. The van der Waals surface area contributed by atoms with Crippen molar-refractivity contribution in [3.63, 3.8) is 0 Å². The van der Waals surface area contributed by atoms with Gasteiger partial charge in [0.25, 0.3) is 0 Å². The maximum absolute atomic E-state index is 12.2. The van der Waals surface area contributed by atoms with E-state index in [1.165, 1.54) is 0 Å². The van der Waals surface area contributed by atoms with Crippen LogP contribution in [0.2, 0.25) is 5.15 Å². The lowest BCUT2D eigenvalue weighted by atomic mass is 10.0. The van der Waals surface area contributed by atoms with Crippen molar-refractivity contribution < 1.29 is 4.79 Å². The molecule has 0 saturated carbocycles. The van der Waals surface area contributed by atoms with Gasteiger partial charge in [-0.3, -0.25) is 9.78 Å². The zero-order valence-electron chi connectivity index (χ0n) is 10.6. The van der Waals surface area contributed by atoms with Gasteiger partial charge in [-0.25, -0.2) is 4.98 Å². The molecule has 0 spiro atoms. The molecule has 0 bridgehead atoms. The number of Topliss-reactive ketones (excluding diaryl/α,β-unsaturated/α-hetero) is 1. The normalized spacial score (nSPS) is 10.7. The molecule has 2 aromatic heterocycles. The second kappa shape index (κ2) is 5.39. The first kappa shape index (κ1) is 12.8. The number of rotatable bonds is 3. The zero-order valence-corrected chi connectivity index (χ0v) is 11.3. The van der Waals surface area contributed by atoms with E-state index in [0.717, 1.165) is 16.5 Å². The van der Waals surface area contributed by atoms with Crippen molar-refractivity contribution in [1.82, 2.24) is 9.97 Å². The van der Waals surface area contributed by atoms with Gasteiger partial charge in [-0.1, -0.05) is 35.9 Å². The Morgan fingerprint density at radius 2 is 1.90 bits per heavy atom. The minimum atomic E-state index is -0.0296. The molecule has 3 nitrogen and oxygen atoms in total. The first-order chi connectivity index (χ1) is 9.74. The molecule has 98 valence electrons. The number of carbonyl (C=O) groups is 1. The van der Waals surface area contributed by atoms with Crippen molar-refractivity contribution in [2.75, 3.05) is 0 Å². The Hall–Kier alpha value is -2.26. The van der Waals surface area contributed by atoms with Gasteiger partial charge in [0.1, 0.15) is 10.8 Å². The lowest BCUT2D eigenvalue weighted by Crippen LogP contribution is -2.06.